The Morgan fingerprint density at radius 2 is 2.00 bits per heavy atom. The average Bonchev–Trinajstić information content (AvgIpc) is 2.72. The van der Waals surface area contributed by atoms with Crippen LogP contribution in [0.3, 0.4) is 0 Å². The van der Waals surface area contributed by atoms with E-state index in [1.165, 1.54) is 0 Å². The maximum absolute atomic E-state index is 10.8. The number of aliphatic carboxylic acids is 1. The lowest BCUT2D eigenvalue weighted by atomic mass is 10.3. The lowest BCUT2D eigenvalue weighted by Crippen LogP contribution is -2.34. The lowest BCUT2D eigenvalue weighted by molar-refractivity contribution is -0.138. The van der Waals surface area contributed by atoms with Gasteiger partial charge in [-0.25, -0.2) is 9.97 Å². The van der Waals surface area contributed by atoms with Gasteiger partial charge in [-0.3, -0.25) is 14.7 Å². The largest absolute Gasteiger partial charge is 0.480 e. The Morgan fingerprint density at radius 3 is 2.86 bits per heavy atom. The molecule has 0 unspecified atom stereocenters. The number of carboxylic acids is 1. The Kier molecular flexibility index (Phi) is 3.92. The number of carbonyl (C=O) groups is 1. The highest BCUT2D eigenvalue weighted by Crippen LogP contribution is 2.16. The van der Waals surface area contributed by atoms with Crippen molar-refractivity contribution in [3.8, 4) is 0 Å². The van der Waals surface area contributed by atoms with Crippen molar-refractivity contribution >= 4 is 23.0 Å². The van der Waals surface area contributed by atoms with E-state index in [4.69, 9.17) is 5.11 Å². The van der Waals surface area contributed by atoms with Crippen molar-refractivity contribution in [2.24, 2.45) is 0 Å². The lowest BCUT2D eigenvalue weighted by Gasteiger charge is -2.22. The van der Waals surface area contributed by atoms with Crippen molar-refractivity contribution in [3.05, 3.63) is 24.5 Å². The molecule has 0 saturated carbocycles. The van der Waals surface area contributed by atoms with Crippen molar-refractivity contribution in [3.63, 3.8) is 0 Å². The summed E-state index contributed by atoms with van der Waals surface area (Å²) < 4.78 is 0. The van der Waals surface area contributed by atoms with Gasteiger partial charge in [0.1, 0.15) is 11.3 Å². The van der Waals surface area contributed by atoms with Crippen LogP contribution in [0.1, 0.15) is 6.42 Å². The molecule has 2 aromatic heterocycles. The molecule has 1 aliphatic rings. The van der Waals surface area contributed by atoms with Gasteiger partial charge in [-0.2, -0.15) is 0 Å². The SMILES string of the molecule is O=C(O)CN1CCCN(c2ccc3nccnc3n2)CC1. The number of hydrogen-bond donors (Lipinski definition) is 1. The third-order valence-electron chi connectivity index (χ3n) is 3.59. The van der Waals surface area contributed by atoms with Crippen LogP contribution in [0, 0.1) is 0 Å². The summed E-state index contributed by atoms with van der Waals surface area (Å²) in [5.41, 5.74) is 1.42. The van der Waals surface area contributed by atoms with Crippen LogP contribution < -0.4 is 4.90 Å². The van der Waals surface area contributed by atoms with Crippen LogP contribution in [-0.2, 0) is 4.79 Å². The highest BCUT2D eigenvalue weighted by atomic mass is 16.4. The fourth-order valence-corrected chi connectivity index (χ4v) is 2.57. The summed E-state index contributed by atoms with van der Waals surface area (Å²) in [5, 5.41) is 8.88. The number of aromatic nitrogens is 3. The van der Waals surface area contributed by atoms with Crippen LogP contribution >= 0.6 is 0 Å². The summed E-state index contributed by atoms with van der Waals surface area (Å²) in [6, 6.07) is 3.87. The van der Waals surface area contributed by atoms with E-state index in [2.05, 4.69) is 19.9 Å². The summed E-state index contributed by atoms with van der Waals surface area (Å²) in [6.45, 7) is 3.27. The van der Waals surface area contributed by atoms with Gasteiger partial charge < -0.3 is 10.0 Å². The molecule has 3 rings (SSSR count). The van der Waals surface area contributed by atoms with Crippen molar-refractivity contribution in [1.29, 1.82) is 0 Å². The molecule has 1 saturated heterocycles. The standard InChI is InChI=1S/C14H17N5O2/c20-13(21)10-18-6-1-7-19(9-8-18)12-3-2-11-14(17-12)16-5-4-15-11/h2-5H,1,6-10H2,(H,20,21). The molecule has 0 aliphatic carbocycles. The number of fused-ring (bicyclic) bond motifs is 1. The Bertz CT molecular complexity index is 648. The second kappa shape index (κ2) is 6.01. The molecule has 2 aromatic rings. The van der Waals surface area contributed by atoms with Gasteiger partial charge in [0.15, 0.2) is 5.65 Å². The summed E-state index contributed by atoms with van der Waals surface area (Å²) in [5.74, 6) is 0.0997. The highest BCUT2D eigenvalue weighted by Gasteiger charge is 2.17. The van der Waals surface area contributed by atoms with Crippen molar-refractivity contribution in [2.45, 2.75) is 6.42 Å². The molecule has 1 fully saturated rings. The van der Waals surface area contributed by atoms with Crippen LogP contribution in [-0.4, -0.2) is 63.7 Å². The molecule has 0 bridgehead atoms. The van der Waals surface area contributed by atoms with Crippen LogP contribution in [0.2, 0.25) is 0 Å². The third kappa shape index (κ3) is 3.25. The zero-order valence-electron chi connectivity index (χ0n) is 11.6. The highest BCUT2D eigenvalue weighted by molar-refractivity contribution is 5.71. The normalized spacial score (nSPS) is 16.9. The second-order valence-corrected chi connectivity index (χ2v) is 5.08. The molecule has 110 valence electrons. The second-order valence-electron chi connectivity index (χ2n) is 5.08. The van der Waals surface area contributed by atoms with Gasteiger partial charge in [0.2, 0.25) is 0 Å². The zero-order valence-corrected chi connectivity index (χ0v) is 11.6. The van der Waals surface area contributed by atoms with E-state index in [9.17, 15) is 4.79 Å². The first-order valence-corrected chi connectivity index (χ1v) is 6.99. The van der Waals surface area contributed by atoms with Gasteiger partial charge in [-0.15, -0.1) is 0 Å². The zero-order chi connectivity index (χ0) is 14.7. The third-order valence-corrected chi connectivity index (χ3v) is 3.59. The van der Waals surface area contributed by atoms with E-state index in [0.29, 0.717) is 5.65 Å². The fourth-order valence-electron chi connectivity index (χ4n) is 2.57. The summed E-state index contributed by atoms with van der Waals surface area (Å²) in [4.78, 5) is 27.9. The fraction of sp³-hybridized carbons (Fsp3) is 0.429. The Balaban J connectivity index is 1.74. The molecule has 1 aliphatic heterocycles. The first kappa shape index (κ1) is 13.7. The topological polar surface area (TPSA) is 82.5 Å². The van der Waals surface area contributed by atoms with Gasteiger partial charge in [-0.1, -0.05) is 0 Å². The number of carboxylic acid groups (broad SMARTS) is 1. The number of anilines is 1. The Hall–Kier alpha value is -2.28. The minimum Gasteiger partial charge on any atom is -0.480 e. The molecule has 3 heterocycles. The first-order chi connectivity index (χ1) is 10.2. The predicted octanol–water partition coefficient (Wildman–Crippen LogP) is 0.621. The van der Waals surface area contributed by atoms with E-state index in [0.717, 1.165) is 43.9 Å². The molecular weight excluding hydrogens is 270 g/mol. The van der Waals surface area contributed by atoms with Crippen molar-refractivity contribution < 1.29 is 9.90 Å². The first-order valence-electron chi connectivity index (χ1n) is 6.99. The van der Waals surface area contributed by atoms with E-state index in [1.807, 2.05) is 17.0 Å². The van der Waals surface area contributed by atoms with Crippen molar-refractivity contribution in [1.82, 2.24) is 19.9 Å². The summed E-state index contributed by atoms with van der Waals surface area (Å²) in [7, 11) is 0. The van der Waals surface area contributed by atoms with E-state index in [-0.39, 0.29) is 6.54 Å². The molecule has 7 nitrogen and oxygen atoms in total. The van der Waals surface area contributed by atoms with Gasteiger partial charge in [0.05, 0.1) is 6.54 Å². The van der Waals surface area contributed by atoms with Crippen LogP contribution in [0.25, 0.3) is 11.2 Å². The summed E-state index contributed by atoms with van der Waals surface area (Å²) in [6.07, 6.45) is 4.21. The van der Waals surface area contributed by atoms with E-state index < -0.39 is 5.97 Å². The molecule has 0 atom stereocenters. The van der Waals surface area contributed by atoms with Gasteiger partial charge in [-0.05, 0) is 18.6 Å². The van der Waals surface area contributed by atoms with Gasteiger partial charge in [0, 0.05) is 38.6 Å². The number of rotatable bonds is 3. The monoisotopic (exact) mass is 287 g/mol. The molecule has 0 amide bonds. The molecular formula is C14H17N5O2. The molecule has 21 heavy (non-hydrogen) atoms. The van der Waals surface area contributed by atoms with Crippen LogP contribution in [0.4, 0.5) is 5.82 Å². The quantitative estimate of drug-likeness (QED) is 0.886. The molecule has 0 radical (unpaired) electrons. The number of nitrogens with zero attached hydrogens (tertiary/aromatic N) is 5. The molecule has 0 aromatic carbocycles. The minimum atomic E-state index is -0.775. The Labute approximate surface area is 122 Å². The van der Waals surface area contributed by atoms with Crippen molar-refractivity contribution in [2.75, 3.05) is 37.6 Å². The predicted molar refractivity (Wildman–Crippen MR) is 78.2 cm³/mol. The van der Waals surface area contributed by atoms with Crippen LogP contribution in [0.5, 0.6) is 0 Å². The molecule has 7 heteroatoms. The average molecular weight is 287 g/mol. The number of hydrogen-bond acceptors (Lipinski definition) is 6. The van der Waals surface area contributed by atoms with E-state index in [1.54, 1.807) is 12.4 Å². The van der Waals surface area contributed by atoms with E-state index >= 15 is 0 Å². The molecule has 0 spiro atoms. The van der Waals surface area contributed by atoms with Gasteiger partial charge in [0.25, 0.3) is 0 Å². The maximum Gasteiger partial charge on any atom is 0.317 e. The van der Waals surface area contributed by atoms with Crippen LogP contribution in [0.15, 0.2) is 24.5 Å². The number of pyridine rings is 1. The maximum atomic E-state index is 10.8. The molecule has 1 N–H and O–H groups in total. The smallest absolute Gasteiger partial charge is 0.317 e. The van der Waals surface area contributed by atoms with Gasteiger partial charge >= 0.3 is 5.97 Å². The summed E-state index contributed by atoms with van der Waals surface area (Å²) >= 11 is 0. The Morgan fingerprint density at radius 1 is 1.14 bits per heavy atom. The minimum absolute atomic E-state index is 0.102.